The Hall–Kier alpha value is -2.51. The smallest absolute Gasteiger partial charge is 0.857 e. The monoisotopic (exact) mass is 676 g/mol. The Morgan fingerprint density at radius 2 is 1.07 bits per heavy atom. The van der Waals surface area contributed by atoms with E-state index in [2.05, 4.69) is 45.8 Å². The van der Waals surface area contributed by atoms with Gasteiger partial charge in [0.05, 0.1) is 44.8 Å². The van der Waals surface area contributed by atoms with Crippen LogP contribution in [0.1, 0.15) is 14.9 Å². The minimum absolute atomic E-state index is 0. The number of fused-ring (bicyclic) bond motifs is 3. The van der Waals surface area contributed by atoms with Gasteiger partial charge in [-0.05, 0) is 34.1 Å². The first-order chi connectivity index (χ1) is 18.5. The van der Waals surface area contributed by atoms with Gasteiger partial charge in [0.25, 0.3) is 0 Å². The van der Waals surface area contributed by atoms with Gasteiger partial charge in [0, 0.05) is 45.4 Å². The minimum atomic E-state index is 0. The number of nitrogens with zero attached hydrogens (tertiary/aromatic N) is 3. The number of methoxy groups -OCH3 is 3. The SMILES string of the molecule is C.C.COc1cnc(Cl)c2[nH]ccc12.COc1cnc(OC)c2[nH]ccc12.C[O-].Clc1ncc(Br)c2cc[nH]c12.[Na+]. The fraction of sp³-hybridized carbons (Fsp3) is 0.222. The Labute approximate surface area is 279 Å². The van der Waals surface area contributed by atoms with Crippen molar-refractivity contribution in [1.82, 2.24) is 29.9 Å². The maximum Gasteiger partial charge on any atom is 1.00 e. The molecule has 14 heteroatoms. The summed E-state index contributed by atoms with van der Waals surface area (Å²) in [4.78, 5) is 21.1. The van der Waals surface area contributed by atoms with Gasteiger partial charge in [-0.15, -0.1) is 0 Å². The van der Waals surface area contributed by atoms with E-state index in [1.807, 2.05) is 30.6 Å². The van der Waals surface area contributed by atoms with Crippen LogP contribution in [0.25, 0.3) is 32.7 Å². The standard InChI is InChI=1S/C9H10N2O2.C8H7ClN2O.C7H4BrClN2.CH3O.2CH4.Na/c1-12-7-5-11-9(13-2)8-6(7)3-4-10-8;1-12-6-4-11-8(9)7-5(6)2-3-10-7;8-5-3-11-7(9)6-4(5)1-2-10-6;1-2;;;/h3-5,10H,1-2H3;2-4,10H,1H3;1-3,10H;1H3;2*1H4;/q;;;-1;;;+1. The van der Waals surface area contributed by atoms with E-state index < -0.39 is 0 Å². The van der Waals surface area contributed by atoms with E-state index in [9.17, 15) is 0 Å². The Balaban J connectivity index is 0.000000550. The van der Waals surface area contributed by atoms with Crippen molar-refractivity contribution >= 4 is 71.8 Å². The van der Waals surface area contributed by atoms with Crippen LogP contribution in [0.2, 0.25) is 10.3 Å². The number of pyridine rings is 3. The van der Waals surface area contributed by atoms with Gasteiger partial charge in [-0.1, -0.05) is 38.1 Å². The van der Waals surface area contributed by atoms with Crippen molar-refractivity contribution in [3.05, 3.63) is 70.2 Å². The molecule has 10 nitrogen and oxygen atoms in total. The zero-order chi connectivity index (χ0) is 27.7. The predicted octanol–water partition coefficient (Wildman–Crippen LogP) is 4.04. The first-order valence-electron chi connectivity index (χ1n) is 10.9. The summed E-state index contributed by atoms with van der Waals surface area (Å²) in [6, 6.07) is 5.78. The van der Waals surface area contributed by atoms with Gasteiger partial charge >= 0.3 is 29.6 Å². The largest absolute Gasteiger partial charge is 1.00 e. The van der Waals surface area contributed by atoms with E-state index in [4.69, 9.17) is 42.5 Å². The summed E-state index contributed by atoms with van der Waals surface area (Å²) in [5, 5.41) is 12.2. The van der Waals surface area contributed by atoms with Crippen molar-refractivity contribution in [3.8, 4) is 17.4 Å². The molecule has 41 heavy (non-hydrogen) atoms. The first-order valence-corrected chi connectivity index (χ1v) is 12.4. The van der Waals surface area contributed by atoms with Gasteiger partial charge in [-0.25, -0.2) is 15.0 Å². The van der Waals surface area contributed by atoms with Crippen LogP contribution in [-0.2, 0) is 0 Å². The molecule has 6 rings (SSSR count). The van der Waals surface area contributed by atoms with E-state index in [1.165, 1.54) is 0 Å². The second-order valence-corrected chi connectivity index (χ2v) is 8.72. The van der Waals surface area contributed by atoms with Crippen molar-refractivity contribution in [2.75, 3.05) is 28.4 Å². The summed E-state index contributed by atoms with van der Waals surface area (Å²) in [6.07, 6.45) is 10.4. The normalized spacial score (nSPS) is 9.37. The number of halogens is 3. The van der Waals surface area contributed by atoms with E-state index in [0.717, 1.165) is 55.8 Å². The van der Waals surface area contributed by atoms with Crippen LogP contribution in [0.3, 0.4) is 0 Å². The third-order valence-corrected chi connectivity index (χ3v) is 6.38. The molecule has 0 fully saturated rings. The molecule has 0 atom stereocenters. The molecule has 6 heterocycles. The molecule has 0 spiro atoms. The molecule has 6 aromatic heterocycles. The molecule has 0 aliphatic carbocycles. The fourth-order valence-corrected chi connectivity index (χ4v) is 4.31. The quantitative estimate of drug-likeness (QED) is 0.190. The summed E-state index contributed by atoms with van der Waals surface area (Å²) < 4.78 is 16.3. The van der Waals surface area contributed by atoms with Gasteiger partial charge in [-0.2, -0.15) is 7.11 Å². The van der Waals surface area contributed by atoms with Gasteiger partial charge in [0.1, 0.15) is 17.0 Å². The van der Waals surface area contributed by atoms with Crippen LogP contribution in [0.4, 0.5) is 0 Å². The topological polar surface area (TPSA) is 137 Å². The van der Waals surface area contributed by atoms with E-state index in [-0.39, 0.29) is 44.4 Å². The maximum atomic E-state index is 8.25. The number of aromatic nitrogens is 6. The van der Waals surface area contributed by atoms with Crippen molar-refractivity contribution in [2.24, 2.45) is 0 Å². The Bertz CT molecular complexity index is 1550. The van der Waals surface area contributed by atoms with Gasteiger partial charge < -0.3 is 34.3 Å². The van der Waals surface area contributed by atoms with Crippen LogP contribution >= 0.6 is 39.1 Å². The predicted molar refractivity (Wildman–Crippen MR) is 165 cm³/mol. The molecule has 0 radical (unpaired) electrons. The molecule has 0 aliphatic heterocycles. The number of hydrogen-bond donors (Lipinski definition) is 3. The zero-order valence-corrected chi connectivity index (χ0v) is 26.9. The molecule has 216 valence electrons. The second-order valence-electron chi connectivity index (χ2n) is 7.15. The summed E-state index contributed by atoms with van der Waals surface area (Å²) in [5.41, 5.74) is 2.55. The van der Waals surface area contributed by atoms with E-state index in [0.29, 0.717) is 16.2 Å². The number of nitrogens with one attached hydrogen (secondary N) is 3. The Morgan fingerprint density at radius 3 is 1.56 bits per heavy atom. The Morgan fingerprint density at radius 1 is 0.659 bits per heavy atom. The number of aromatic amines is 3. The molecule has 0 saturated heterocycles. The van der Waals surface area contributed by atoms with Crippen LogP contribution in [-0.4, -0.2) is 58.3 Å². The van der Waals surface area contributed by atoms with E-state index >= 15 is 0 Å². The first kappa shape index (κ1) is 38.5. The summed E-state index contributed by atoms with van der Waals surface area (Å²) in [6.45, 7) is 0. The van der Waals surface area contributed by atoms with Crippen molar-refractivity contribution in [1.29, 1.82) is 0 Å². The molecule has 0 unspecified atom stereocenters. The molecular formula is C27H32BrCl2N6NaO4. The maximum absolute atomic E-state index is 8.25. The van der Waals surface area contributed by atoms with E-state index in [1.54, 1.807) is 46.1 Å². The van der Waals surface area contributed by atoms with Crippen LogP contribution in [0, 0.1) is 0 Å². The Kier molecular flexibility index (Phi) is 17.7. The summed E-state index contributed by atoms with van der Waals surface area (Å²) >= 11 is 15.0. The number of H-pyrrole nitrogens is 3. The molecule has 6 aromatic rings. The third-order valence-electron chi connectivity index (χ3n) is 5.17. The fourth-order valence-electron chi connectivity index (χ4n) is 3.46. The third kappa shape index (κ3) is 8.99. The van der Waals surface area contributed by atoms with Crippen molar-refractivity contribution in [2.45, 2.75) is 14.9 Å². The molecule has 0 saturated carbocycles. The van der Waals surface area contributed by atoms with Crippen LogP contribution < -0.4 is 48.9 Å². The number of rotatable bonds is 3. The number of hydrogen-bond acceptors (Lipinski definition) is 7. The average Bonchev–Trinajstić information content (AvgIpc) is 3.74. The zero-order valence-electron chi connectivity index (χ0n) is 21.8. The molecule has 0 aliphatic rings. The van der Waals surface area contributed by atoms with Gasteiger partial charge in [0.2, 0.25) is 5.88 Å². The summed E-state index contributed by atoms with van der Waals surface area (Å²) in [5.74, 6) is 2.06. The molecule has 0 amide bonds. The van der Waals surface area contributed by atoms with Crippen molar-refractivity contribution in [3.63, 3.8) is 0 Å². The number of ether oxygens (including phenoxy) is 3. The molecule has 0 bridgehead atoms. The average molecular weight is 678 g/mol. The van der Waals surface area contributed by atoms with Crippen LogP contribution in [0.15, 0.2) is 59.9 Å². The molecule has 0 aromatic carbocycles. The van der Waals surface area contributed by atoms with Gasteiger partial charge in [-0.3, -0.25) is 0 Å². The summed E-state index contributed by atoms with van der Waals surface area (Å²) in [7, 11) is 5.57. The van der Waals surface area contributed by atoms with Gasteiger partial charge in [0.15, 0.2) is 10.3 Å². The van der Waals surface area contributed by atoms with Crippen LogP contribution in [0.5, 0.6) is 17.4 Å². The molecule has 3 N–H and O–H groups in total. The minimum Gasteiger partial charge on any atom is -0.857 e. The second kappa shape index (κ2) is 18.8. The van der Waals surface area contributed by atoms with Crippen molar-refractivity contribution < 1.29 is 48.9 Å². The molecular weight excluding hydrogens is 646 g/mol.